The molecule has 0 radical (unpaired) electrons. The second-order valence-corrected chi connectivity index (χ2v) is 4.99. The molecule has 0 aliphatic rings. The summed E-state index contributed by atoms with van der Waals surface area (Å²) in [7, 11) is 0. The highest BCUT2D eigenvalue weighted by Gasteiger charge is 2.08. The van der Waals surface area contributed by atoms with Crippen molar-refractivity contribution in [2.75, 3.05) is 6.54 Å². The van der Waals surface area contributed by atoms with Gasteiger partial charge in [-0.15, -0.1) is 0 Å². The lowest BCUT2D eigenvalue weighted by Gasteiger charge is -2.12. The summed E-state index contributed by atoms with van der Waals surface area (Å²) in [5, 5.41) is 1.23. The zero-order valence-electron chi connectivity index (χ0n) is 10.8. The van der Waals surface area contributed by atoms with Gasteiger partial charge in [0.25, 0.3) is 0 Å². The van der Waals surface area contributed by atoms with Gasteiger partial charge in [0.2, 0.25) is 0 Å². The van der Waals surface area contributed by atoms with Gasteiger partial charge in [-0.2, -0.15) is 0 Å². The molecular weight excluding hydrogens is 208 g/mol. The van der Waals surface area contributed by atoms with Gasteiger partial charge < -0.3 is 5.73 Å². The molecule has 17 heavy (non-hydrogen) atoms. The molecule has 90 valence electrons. The average Bonchev–Trinajstić information content (AvgIpc) is 2.29. The summed E-state index contributed by atoms with van der Waals surface area (Å²) in [6.45, 7) is 7.08. The van der Waals surface area contributed by atoms with E-state index in [1.807, 2.05) is 6.92 Å². The van der Waals surface area contributed by atoms with E-state index in [9.17, 15) is 0 Å². The van der Waals surface area contributed by atoms with Crippen LogP contribution >= 0.6 is 0 Å². The zero-order valence-corrected chi connectivity index (χ0v) is 10.8. The Labute approximate surface area is 103 Å². The number of pyridine rings is 1. The van der Waals surface area contributed by atoms with Crippen LogP contribution in [0.25, 0.3) is 10.9 Å². The second-order valence-electron chi connectivity index (χ2n) is 4.99. The topological polar surface area (TPSA) is 38.9 Å². The van der Waals surface area contributed by atoms with E-state index in [0.717, 1.165) is 24.2 Å². The van der Waals surface area contributed by atoms with Crippen LogP contribution < -0.4 is 5.73 Å². The second kappa shape index (κ2) is 4.84. The summed E-state index contributed by atoms with van der Waals surface area (Å²) in [5.74, 6) is 0.502. The fourth-order valence-electron chi connectivity index (χ4n) is 2.19. The first-order chi connectivity index (χ1) is 8.10. The lowest BCUT2D eigenvalue weighted by atomic mass is 9.97. The third-order valence-electron chi connectivity index (χ3n) is 3.13. The maximum atomic E-state index is 5.71. The zero-order chi connectivity index (χ0) is 12.4. The van der Waals surface area contributed by atoms with Crippen molar-refractivity contribution < 1.29 is 0 Å². The maximum absolute atomic E-state index is 5.71. The minimum atomic E-state index is 0.502. The van der Waals surface area contributed by atoms with Crippen LogP contribution in [0.2, 0.25) is 0 Å². The molecule has 2 nitrogen and oxygen atoms in total. The molecule has 0 bridgehead atoms. The van der Waals surface area contributed by atoms with Gasteiger partial charge in [-0.3, -0.25) is 4.98 Å². The number of nitrogens with zero attached hydrogens (tertiary/aromatic N) is 1. The van der Waals surface area contributed by atoms with Crippen LogP contribution in [0.15, 0.2) is 24.3 Å². The van der Waals surface area contributed by atoms with Gasteiger partial charge in [0.05, 0.1) is 5.52 Å². The van der Waals surface area contributed by atoms with E-state index < -0.39 is 0 Å². The van der Waals surface area contributed by atoms with Crippen molar-refractivity contribution in [2.45, 2.75) is 27.2 Å². The van der Waals surface area contributed by atoms with Crippen molar-refractivity contribution in [1.29, 1.82) is 0 Å². The van der Waals surface area contributed by atoms with Gasteiger partial charge in [0.1, 0.15) is 0 Å². The van der Waals surface area contributed by atoms with Crippen molar-refractivity contribution in [2.24, 2.45) is 11.7 Å². The molecular formula is C15H20N2. The van der Waals surface area contributed by atoms with Gasteiger partial charge in [-0.1, -0.05) is 24.6 Å². The Bertz CT molecular complexity index is 532. The Balaban J connectivity index is 2.55. The molecule has 2 N–H and O–H groups in total. The molecule has 2 rings (SSSR count). The summed E-state index contributed by atoms with van der Waals surface area (Å²) >= 11 is 0. The van der Waals surface area contributed by atoms with Crippen molar-refractivity contribution in [3.8, 4) is 0 Å². The van der Waals surface area contributed by atoms with Crippen LogP contribution in [0, 0.1) is 19.8 Å². The van der Waals surface area contributed by atoms with Crippen molar-refractivity contribution in [3.63, 3.8) is 0 Å². The predicted molar refractivity (Wildman–Crippen MR) is 73.1 cm³/mol. The summed E-state index contributed by atoms with van der Waals surface area (Å²) in [6.07, 6.45) is 1.01. The first kappa shape index (κ1) is 12.1. The number of rotatable bonds is 3. The molecule has 1 aromatic heterocycles. The highest BCUT2D eigenvalue weighted by atomic mass is 14.7. The summed E-state index contributed by atoms with van der Waals surface area (Å²) < 4.78 is 0. The number of fused-ring (bicyclic) bond motifs is 1. The highest BCUT2D eigenvalue weighted by Crippen LogP contribution is 2.22. The van der Waals surface area contributed by atoms with E-state index in [4.69, 9.17) is 5.73 Å². The quantitative estimate of drug-likeness (QED) is 0.877. The summed E-state index contributed by atoms with van der Waals surface area (Å²) in [4.78, 5) is 4.66. The van der Waals surface area contributed by atoms with Crippen LogP contribution in [-0.4, -0.2) is 11.5 Å². The summed E-state index contributed by atoms with van der Waals surface area (Å²) in [6, 6.07) is 8.65. The van der Waals surface area contributed by atoms with Crippen LogP contribution in [0.3, 0.4) is 0 Å². The van der Waals surface area contributed by atoms with Crippen LogP contribution in [0.1, 0.15) is 23.7 Å². The van der Waals surface area contributed by atoms with Crippen molar-refractivity contribution in [3.05, 3.63) is 41.1 Å². The predicted octanol–water partition coefficient (Wildman–Crippen LogP) is 2.99. The minimum absolute atomic E-state index is 0.502. The smallest absolute Gasteiger partial charge is 0.0737 e. The molecule has 0 spiro atoms. The van der Waals surface area contributed by atoms with E-state index in [0.29, 0.717) is 5.92 Å². The van der Waals surface area contributed by atoms with Crippen LogP contribution in [-0.2, 0) is 6.42 Å². The number of nitrogens with two attached hydrogens (primary N) is 1. The molecule has 0 amide bonds. The Morgan fingerprint density at radius 1 is 1.24 bits per heavy atom. The van der Waals surface area contributed by atoms with Gasteiger partial charge in [0, 0.05) is 11.1 Å². The third kappa shape index (κ3) is 2.64. The SMILES string of the molecule is Cc1cc(CC(C)CN)c2nc(C)ccc2c1. The Morgan fingerprint density at radius 3 is 2.71 bits per heavy atom. The normalized spacial score (nSPS) is 12.9. The number of benzene rings is 1. The molecule has 2 heteroatoms. The lowest BCUT2D eigenvalue weighted by molar-refractivity contribution is 0.594. The van der Waals surface area contributed by atoms with Gasteiger partial charge in [0.15, 0.2) is 0 Å². The van der Waals surface area contributed by atoms with Gasteiger partial charge in [-0.25, -0.2) is 0 Å². The average molecular weight is 228 g/mol. The van der Waals surface area contributed by atoms with E-state index in [-0.39, 0.29) is 0 Å². The highest BCUT2D eigenvalue weighted by molar-refractivity contribution is 5.82. The molecule has 1 aromatic carbocycles. The monoisotopic (exact) mass is 228 g/mol. The molecule has 0 saturated carbocycles. The number of hydrogen-bond donors (Lipinski definition) is 1. The van der Waals surface area contributed by atoms with E-state index >= 15 is 0 Å². The molecule has 0 fully saturated rings. The first-order valence-corrected chi connectivity index (χ1v) is 6.17. The van der Waals surface area contributed by atoms with Crippen molar-refractivity contribution >= 4 is 10.9 Å². The first-order valence-electron chi connectivity index (χ1n) is 6.17. The minimum Gasteiger partial charge on any atom is -0.330 e. The van der Waals surface area contributed by atoms with Gasteiger partial charge in [-0.05, 0) is 50.4 Å². The molecule has 0 saturated heterocycles. The van der Waals surface area contributed by atoms with E-state index in [2.05, 4.69) is 43.1 Å². The van der Waals surface area contributed by atoms with Crippen LogP contribution in [0.4, 0.5) is 0 Å². The van der Waals surface area contributed by atoms with Crippen molar-refractivity contribution in [1.82, 2.24) is 4.98 Å². The molecule has 1 atom stereocenters. The largest absolute Gasteiger partial charge is 0.330 e. The molecule has 0 aliphatic heterocycles. The third-order valence-corrected chi connectivity index (χ3v) is 3.13. The molecule has 0 aliphatic carbocycles. The van der Waals surface area contributed by atoms with E-state index in [1.165, 1.54) is 16.5 Å². The maximum Gasteiger partial charge on any atom is 0.0737 e. The fraction of sp³-hybridized carbons (Fsp3) is 0.400. The van der Waals surface area contributed by atoms with E-state index in [1.54, 1.807) is 0 Å². The fourth-order valence-corrected chi connectivity index (χ4v) is 2.19. The number of hydrogen-bond acceptors (Lipinski definition) is 2. The Morgan fingerprint density at radius 2 is 2.00 bits per heavy atom. The Kier molecular flexibility index (Phi) is 3.43. The van der Waals surface area contributed by atoms with Gasteiger partial charge >= 0.3 is 0 Å². The number of aromatic nitrogens is 1. The Hall–Kier alpha value is -1.41. The molecule has 1 unspecified atom stereocenters. The molecule has 2 aromatic rings. The standard InChI is InChI=1S/C15H20N2/c1-10-6-13-5-4-12(3)17-15(13)14(7-10)8-11(2)9-16/h4-7,11H,8-9,16H2,1-3H3. The number of aryl methyl sites for hydroxylation is 2. The molecule has 1 heterocycles. The van der Waals surface area contributed by atoms with Crippen LogP contribution in [0.5, 0.6) is 0 Å². The lowest BCUT2D eigenvalue weighted by Crippen LogP contribution is -2.13. The summed E-state index contributed by atoms with van der Waals surface area (Å²) in [5.41, 5.74) is 10.5.